The third kappa shape index (κ3) is 4.34. The molecule has 260 valence electrons. The maximum Gasteiger partial charge on any atom is 0.137 e. The molecule has 4 fully saturated rings. The first kappa shape index (κ1) is 30.6. The van der Waals surface area contributed by atoms with Gasteiger partial charge in [-0.3, -0.25) is 0 Å². The highest BCUT2D eigenvalue weighted by Gasteiger charge is 2.61. The van der Waals surface area contributed by atoms with Gasteiger partial charge in [0.25, 0.3) is 0 Å². The van der Waals surface area contributed by atoms with E-state index in [9.17, 15) is 0 Å². The van der Waals surface area contributed by atoms with Gasteiger partial charge in [-0.15, -0.1) is 0 Å². The predicted octanol–water partition coefficient (Wildman–Crippen LogP) is 14.1. The maximum atomic E-state index is 6.48. The van der Waals surface area contributed by atoms with Crippen LogP contribution in [0.3, 0.4) is 0 Å². The van der Waals surface area contributed by atoms with Gasteiger partial charge in [0.2, 0.25) is 0 Å². The summed E-state index contributed by atoms with van der Waals surface area (Å²) in [6.45, 7) is 0. The highest BCUT2D eigenvalue weighted by Crippen LogP contribution is 2.70. The number of hydrogen-bond donors (Lipinski definition) is 0. The minimum atomic E-state index is 0.0940. The van der Waals surface area contributed by atoms with Crippen molar-refractivity contribution < 1.29 is 4.42 Å². The molecule has 0 N–H and O–H groups in total. The number of nitrogens with zero attached hydrogens (tertiary/aromatic N) is 1. The Bertz CT molecular complexity index is 2690. The van der Waals surface area contributed by atoms with Crippen molar-refractivity contribution >= 4 is 39.0 Å². The standard InChI is InChI=1S/C52H41NO/c1-3-10-35(11-4-1)36-18-20-40(21-19-36)53(42-22-24-45-44-14-7-8-17-49(44)54-50(45)32-42)41-23-25-47-46(31-41)51-43(37-12-5-2-6-13-37)15-9-16-48(51)52(47)38-27-33-26-34(29-38)30-39(52)28-33/h1-25,31-34,38-39H,26-30H2. The molecule has 0 amide bonds. The van der Waals surface area contributed by atoms with Crippen LogP contribution in [0.2, 0.25) is 0 Å². The molecule has 1 aromatic heterocycles. The normalized spacial score (nSPS) is 23.3. The van der Waals surface area contributed by atoms with E-state index in [1.54, 1.807) is 11.1 Å². The molecule has 0 radical (unpaired) electrons. The van der Waals surface area contributed by atoms with Gasteiger partial charge in [0.1, 0.15) is 11.2 Å². The van der Waals surface area contributed by atoms with E-state index in [0.717, 1.165) is 45.1 Å². The van der Waals surface area contributed by atoms with Crippen LogP contribution in [-0.2, 0) is 5.41 Å². The molecule has 0 unspecified atom stereocenters. The molecule has 4 saturated carbocycles. The first-order chi connectivity index (χ1) is 26.7. The topological polar surface area (TPSA) is 16.4 Å². The van der Waals surface area contributed by atoms with Gasteiger partial charge in [0.15, 0.2) is 0 Å². The molecule has 2 heteroatoms. The van der Waals surface area contributed by atoms with Crippen LogP contribution in [0, 0.1) is 23.7 Å². The number of fused-ring (bicyclic) bond motifs is 6. The molecule has 5 aliphatic carbocycles. The summed E-state index contributed by atoms with van der Waals surface area (Å²) < 4.78 is 6.48. The molecule has 4 bridgehead atoms. The van der Waals surface area contributed by atoms with Crippen LogP contribution >= 0.6 is 0 Å². The summed E-state index contributed by atoms with van der Waals surface area (Å²) in [5.74, 6) is 3.24. The fraction of sp³-hybridized carbons (Fsp3) is 0.192. The van der Waals surface area contributed by atoms with Gasteiger partial charge in [0, 0.05) is 39.3 Å². The fourth-order valence-corrected chi connectivity index (χ4v) is 12.0. The van der Waals surface area contributed by atoms with Gasteiger partial charge in [0.05, 0.1) is 0 Å². The average molecular weight is 696 g/mol. The zero-order valence-electron chi connectivity index (χ0n) is 30.3. The number of benzene rings is 7. The third-order valence-electron chi connectivity index (χ3n) is 13.9. The fourth-order valence-electron chi connectivity index (χ4n) is 12.0. The summed E-state index contributed by atoms with van der Waals surface area (Å²) in [6, 6.07) is 60.7. The van der Waals surface area contributed by atoms with Gasteiger partial charge in [-0.2, -0.15) is 0 Å². The Morgan fingerprint density at radius 2 is 1.04 bits per heavy atom. The lowest BCUT2D eigenvalue weighted by atomic mass is 9.43. The highest BCUT2D eigenvalue weighted by molar-refractivity contribution is 6.06. The van der Waals surface area contributed by atoms with Crippen LogP contribution in [0.4, 0.5) is 17.1 Å². The van der Waals surface area contributed by atoms with E-state index in [1.807, 2.05) is 0 Å². The monoisotopic (exact) mass is 695 g/mol. The molecule has 0 atom stereocenters. The Morgan fingerprint density at radius 1 is 0.426 bits per heavy atom. The first-order valence-electron chi connectivity index (χ1n) is 19.9. The SMILES string of the molecule is c1ccc(-c2ccc(N(c3ccc4c(c3)-c3c(-c5ccccc5)cccc3C43C4CC5CC(C4)CC3C5)c3ccc4c(c3)oc3ccccc34)cc2)cc1. The third-order valence-corrected chi connectivity index (χ3v) is 13.9. The van der Waals surface area contributed by atoms with E-state index in [0.29, 0.717) is 11.8 Å². The second-order valence-corrected chi connectivity index (χ2v) is 16.5. The zero-order chi connectivity index (χ0) is 35.4. The van der Waals surface area contributed by atoms with Crippen LogP contribution in [0.1, 0.15) is 43.2 Å². The molecular formula is C52H41NO. The summed E-state index contributed by atoms with van der Waals surface area (Å²) in [7, 11) is 0. The van der Waals surface area contributed by atoms with E-state index >= 15 is 0 Å². The second-order valence-electron chi connectivity index (χ2n) is 16.5. The summed E-state index contributed by atoms with van der Waals surface area (Å²) in [5, 5.41) is 2.30. The molecule has 13 rings (SSSR count). The molecule has 7 aromatic carbocycles. The van der Waals surface area contributed by atoms with Crippen molar-refractivity contribution in [3.63, 3.8) is 0 Å². The Balaban J connectivity index is 1.08. The van der Waals surface area contributed by atoms with Gasteiger partial charge in [-0.05, 0) is 143 Å². The Labute approximate surface area is 316 Å². The summed E-state index contributed by atoms with van der Waals surface area (Å²) in [6.07, 6.45) is 6.96. The lowest BCUT2D eigenvalue weighted by molar-refractivity contribution is -0.0399. The van der Waals surface area contributed by atoms with Crippen LogP contribution in [0.15, 0.2) is 168 Å². The molecule has 0 saturated heterocycles. The van der Waals surface area contributed by atoms with Crippen molar-refractivity contribution in [3.8, 4) is 33.4 Å². The smallest absolute Gasteiger partial charge is 0.137 e. The molecular weight excluding hydrogens is 655 g/mol. The van der Waals surface area contributed by atoms with Crippen molar-refractivity contribution in [1.29, 1.82) is 0 Å². The van der Waals surface area contributed by atoms with Crippen LogP contribution in [0.25, 0.3) is 55.3 Å². The van der Waals surface area contributed by atoms with Crippen molar-refractivity contribution in [1.82, 2.24) is 0 Å². The van der Waals surface area contributed by atoms with Crippen molar-refractivity contribution in [3.05, 3.63) is 175 Å². The quantitative estimate of drug-likeness (QED) is 0.178. The number of anilines is 3. The molecule has 1 spiro atoms. The zero-order valence-corrected chi connectivity index (χ0v) is 30.3. The highest BCUT2D eigenvalue weighted by atomic mass is 16.3. The van der Waals surface area contributed by atoms with Gasteiger partial charge < -0.3 is 9.32 Å². The molecule has 5 aliphatic rings. The largest absolute Gasteiger partial charge is 0.456 e. The number of furan rings is 1. The number of para-hydroxylation sites is 1. The molecule has 2 nitrogen and oxygen atoms in total. The minimum Gasteiger partial charge on any atom is -0.456 e. The molecule has 0 aliphatic heterocycles. The lowest BCUT2D eigenvalue weighted by Crippen LogP contribution is -2.55. The maximum absolute atomic E-state index is 6.48. The number of hydrogen-bond acceptors (Lipinski definition) is 2. The van der Waals surface area contributed by atoms with Crippen LogP contribution in [-0.4, -0.2) is 0 Å². The summed E-state index contributed by atoms with van der Waals surface area (Å²) >= 11 is 0. The van der Waals surface area contributed by atoms with Gasteiger partial charge >= 0.3 is 0 Å². The number of rotatable bonds is 5. The molecule has 54 heavy (non-hydrogen) atoms. The molecule has 8 aromatic rings. The van der Waals surface area contributed by atoms with E-state index in [4.69, 9.17) is 4.42 Å². The van der Waals surface area contributed by atoms with Gasteiger partial charge in [-0.25, -0.2) is 0 Å². The summed E-state index contributed by atoms with van der Waals surface area (Å²) in [4.78, 5) is 2.44. The van der Waals surface area contributed by atoms with Crippen molar-refractivity contribution in [2.45, 2.75) is 37.5 Å². The van der Waals surface area contributed by atoms with E-state index < -0.39 is 0 Å². The van der Waals surface area contributed by atoms with E-state index in [-0.39, 0.29) is 5.41 Å². The predicted molar refractivity (Wildman–Crippen MR) is 223 cm³/mol. The van der Waals surface area contributed by atoms with Crippen LogP contribution in [0.5, 0.6) is 0 Å². The Kier molecular flexibility index (Phi) is 6.55. The minimum absolute atomic E-state index is 0.0940. The van der Waals surface area contributed by atoms with E-state index in [1.165, 1.54) is 71.2 Å². The van der Waals surface area contributed by atoms with E-state index in [2.05, 4.69) is 169 Å². The second kappa shape index (κ2) is 11.6. The average Bonchev–Trinajstić information content (AvgIpc) is 3.74. The Morgan fingerprint density at radius 3 is 1.80 bits per heavy atom. The lowest BCUT2D eigenvalue weighted by Gasteiger charge is -2.61. The van der Waals surface area contributed by atoms with Gasteiger partial charge in [-0.1, -0.05) is 115 Å². The Hall–Kier alpha value is -5.86. The van der Waals surface area contributed by atoms with Crippen LogP contribution < -0.4 is 4.90 Å². The first-order valence-corrected chi connectivity index (χ1v) is 19.9. The van der Waals surface area contributed by atoms with Crippen molar-refractivity contribution in [2.75, 3.05) is 4.90 Å². The van der Waals surface area contributed by atoms with Crippen molar-refractivity contribution in [2.24, 2.45) is 23.7 Å². The molecule has 1 heterocycles. The summed E-state index contributed by atoms with van der Waals surface area (Å²) in [5.41, 5.74) is 16.5.